The first-order valence-electron chi connectivity index (χ1n) is 10.2. The van der Waals surface area contributed by atoms with Crippen LogP contribution in [0.2, 0.25) is 0 Å². The first kappa shape index (κ1) is 20.4. The summed E-state index contributed by atoms with van der Waals surface area (Å²) in [7, 11) is 1.60. The molecule has 6 nitrogen and oxygen atoms in total. The van der Waals surface area contributed by atoms with E-state index in [1.165, 1.54) is 11.5 Å². The predicted molar refractivity (Wildman–Crippen MR) is 125 cm³/mol. The lowest BCUT2D eigenvalue weighted by atomic mass is 9.92. The molecule has 0 aliphatic carbocycles. The van der Waals surface area contributed by atoms with Gasteiger partial charge >= 0.3 is 0 Å². The topological polar surface area (TPSA) is 80.3 Å². The second kappa shape index (κ2) is 8.18. The van der Waals surface area contributed by atoms with Crippen molar-refractivity contribution in [1.29, 1.82) is 0 Å². The van der Waals surface area contributed by atoms with E-state index in [4.69, 9.17) is 4.74 Å². The van der Waals surface area contributed by atoms with E-state index >= 15 is 0 Å². The van der Waals surface area contributed by atoms with E-state index in [2.05, 4.69) is 15.0 Å². The van der Waals surface area contributed by atoms with Crippen molar-refractivity contribution in [3.63, 3.8) is 0 Å². The van der Waals surface area contributed by atoms with Crippen LogP contribution in [0.1, 0.15) is 49.1 Å². The number of amides is 2. The van der Waals surface area contributed by atoms with Crippen molar-refractivity contribution < 1.29 is 14.3 Å². The highest BCUT2D eigenvalue weighted by molar-refractivity contribution is 7.13. The van der Waals surface area contributed by atoms with Crippen molar-refractivity contribution in [2.45, 2.75) is 19.6 Å². The summed E-state index contributed by atoms with van der Waals surface area (Å²) in [6.45, 7) is 2.34. The molecule has 1 aromatic heterocycles. The van der Waals surface area contributed by atoms with E-state index in [-0.39, 0.29) is 17.9 Å². The van der Waals surface area contributed by atoms with Gasteiger partial charge in [0.15, 0.2) is 0 Å². The fourth-order valence-electron chi connectivity index (χ4n) is 4.22. The highest BCUT2D eigenvalue weighted by atomic mass is 32.1. The van der Waals surface area contributed by atoms with Gasteiger partial charge < -0.3 is 15.4 Å². The molecule has 3 aromatic carbocycles. The number of anilines is 1. The van der Waals surface area contributed by atoms with E-state index in [1.807, 2.05) is 67.6 Å². The summed E-state index contributed by atoms with van der Waals surface area (Å²) in [4.78, 5) is 26.1. The second-order valence-corrected chi connectivity index (χ2v) is 8.59. The van der Waals surface area contributed by atoms with Crippen molar-refractivity contribution in [1.82, 2.24) is 9.69 Å². The van der Waals surface area contributed by atoms with Crippen molar-refractivity contribution in [2.75, 3.05) is 12.4 Å². The molecule has 0 saturated heterocycles. The van der Waals surface area contributed by atoms with Crippen LogP contribution in [0.3, 0.4) is 0 Å². The number of fused-ring (bicyclic) bond motifs is 2. The second-order valence-electron chi connectivity index (χ2n) is 7.78. The van der Waals surface area contributed by atoms with Gasteiger partial charge in [0.05, 0.1) is 17.3 Å². The summed E-state index contributed by atoms with van der Waals surface area (Å²) in [5.41, 5.74) is 5.14. The average Bonchev–Trinajstić information content (AvgIpc) is 3.36. The van der Waals surface area contributed by atoms with Gasteiger partial charge in [0.2, 0.25) is 0 Å². The van der Waals surface area contributed by atoms with Crippen LogP contribution in [0.25, 0.3) is 10.1 Å². The quantitative estimate of drug-likeness (QED) is 0.463. The summed E-state index contributed by atoms with van der Waals surface area (Å²) >= 11 is 1.29. The Balaban J connectivity index is 1.61. The molecule has 5 rings (SSSR count). The molecule has 0 bridgehead atoms. The van der Waals surface area contributed by atoms with Gasteiger partial charge in [0, 0.05) is 29.3 Å². The Morgan fingerprint density at radius 1 is 1.16 bits per heavy atom. The number of aryl methyl sites for hydroxylation is 1. The van der Waals surface area contributed by atoms with Crippen LogP contribution in [-0.4, -0.2) is 23.3 Å². The molecule has 2 amide bonds. The summed E-state index contributed by atoms with van der Waals surface area (Å²) < 4.78 is 10.6. The summed E-state index contributed by atoms with van der Waals surface area (Å²) in [6, 6.07) is 18.9. The molecule has 4 aromatic rings. The van der Waals surface area contributed by atoms with Crippen LogP contribution in [0.15, 0.2) is 60.7 Å². The third-order valence-corrected chi connectivity index (χ3v) is 6.53. The Hall–Kier alpha value is -3.55. The Morgan fingerprint density at radius 2 is 1.94 bits per heavy atom. The number of nitrogens with zero attached hydrogens (tertiary/aromatic N) is 1. The van der Waals surface area contributed by atoms with E-state index < -0.39 is 0 Å². The van der Waals surface area contributed by atoms with Crippen LogP contribution < -0.4 is 10.6 Å². The summed E-state index contributed by atoms with van der Waals surface area (Å²) in [5, 5.41) is 6.92. The molecule has 2 heterocycles. The Kier molecular flexibility index (Phi) is 5.20. The minimum atomic E-state index is -0.349. The fraction of sp³-hybridized carbons (Fsp3) is 0.160. The lowest BCUT2D eigenvalue weighted by Gasteiger charge is -2.19. The van der Waals surface area contributed by atoms with Gasteiger partial charge in [0.25, 0.3) is 11.8 Å². The molecule has 1 aliphatic heterocycles. The lowest BCUT2D eigenvalue weighted by Crippen LogP contribution is -2.21. The maximum atomic E-state index is 13.2. The van der Waals surface area contributed by atoms with Crippen LogP contribution >= 0.6 is 11.5 Å². The zero-order valence-electron chi connectivity index (χ0n) is 17.6. The molecular formula is C25H21N3O3S. The van der Waals surface area contributed by atoms with Gasteiger partial charge in [-0.2, -0.15) is 4.37 Å². The fourth-order valence-corrected chi connectivity index (χ4v) is 4.99. The third-order valence-electron chi connectivity index (χ3n) is 5.70. The van der Waals surface area contributed by atoms with E-state index in [1.54, 1.807) is 7.11 Å². The highest BCUT2D eigenvalue weighted by Gasteiger charge is 2.34. The largest absolute Gasteiger partial charge is 0.380 e. The molecule has 7 heteroatoms. The highest BCUT2D eigenvalue weighted by Crippen LogP contribution is 2.39. The smallest absolute Gasteiger partial charge is 0.276 e. The maximum absolute atomic E-state index is 13.2. The predicted octanol–water partition coefficient (Wildman–Crippen LogP) is 4.84. The molecule has 1 atom stereocenters. The van der Waals surface area contributed by atoms with Gasteiger partial charge in [-0.25, -0.2) is 0 Å². The molecule has 1 aliphatic rings. The van der Waals surface area contributed by atoms with Crippen molar-refractivity contribution in [3.05, 3.63) is 94.2 Å². The lowest BCUT2D eigenvalue weighted by molar-refractivity contribution is 0.0959. The number of benzene rings is 3. The normalized spacial score (nSPS) is 14.9. The monoisotopic (exact) mass is 443 g/mol. The maximum Gasteiger partial charge on any atom is 0.276 e. The molecule has 2 N–H and O–H groups in total. The summed E-state index contributed by atoms with van der Waals surface area (Å²) in [5.74, 6) is -0.470. The third kappa shape index (κ3) is 3.45. The van der Waals surface area contributed by atoms with E-state index in [0.29, 0.717) is 23.6 Å². The molecular weight excluding hydrogens is 422 g/mol. The molecule has 0 fully saturated rings. The van der Waals surface area contributed by atoms with Crippen molar-refractivity contribution in [3.8, 4) is 0 Å². The van der Waals surface area contributed by atoms with Crippen LogP contribution in [0.5, 0.6) is 0 Å². The zero-order valence-corrected chi connectivity index (χ0v) is 18.5. The van der Waals surface area contributed by atoms with Crippen LogP contribution in [-0.2, 0) is 11.3 Å². The Morgan fingerprint density at radius 3 is 2.75 bits per heavy atom. The van der Waals surface area contributed by atoms with Gasteiger partial charge in [-0.15, -0.1) is 0 Å². The number of carbonyl (C=O) groups excluding carboxylic acids is 2. The Labute approximate surface area is 189 Å². The number of hydrogen-bond acceptors (Lipinski definition) is 5. The molecule has 160 valence electrons. The minimum absolute atomic E-state index is 0.166. The summed E-state index contributed by atoms with van der Waals surface area (Å²) in [6.07, 6.45) is 0. The SMILES string of the molecule is COCc1cc(NC(=O)c2nsc3ccccc23)c2c(c1)C(=O)NC2c1ccccc1C. The first-order chi connectivity index (χ1) is 15.6. The first-order valence-corrected chi connectivity index (χ1v) is 11.0. The number of nitrogens with one attached hydrogen (secondary N) is 2. The van der Waals surface area contributed by atoms with Gasteiger partial charge in [0.1, 0.15) is 5.69 Å². The number of methoxy groups -OCH3 is 1. The standard InChI is InChI=1S/C25H21N3O3S/c1-14-7-3-4-8-16(14)22-21-18(24(29)27-22)11-15(13-31-2)12-19(21)26-25(30)23-17-9-5-6-10-20(17)32-28-23/h3-12,22H,13H2,1-2H3,(H,26,30)(H,27,29). The van der Waals surface area contributed by atoms with E-state index in [9.17, 15) is 9.59 Å². The number of carbonyl (C=O) groups is 2. The Bertz CT molecular complexity index is 1360. The molecule has 0 radical (unpaired) electrons. The molecule has 32 heavy (non-hydrogen) atoms. The number of ether oxygens (including phenoxy) is 1. The number of aromatic nitrogens is 1. The van der Waals surface area contributed by atoms with Gasteiger partial charge in [-0.05, 0) is 53.3 Å². The molecule has 1 unspecified atom stereocenters. The number of hydrogen-bond donors (Lipinski definition) is 2. The van der Waals surface area contributed by atoms with Crippen molar-refractivity contribution in [2.24, 2.45) is 0 Å². The van der Waals surface area contributed by atoms with Crippen LogP contribution in [0, 0.1) is 6.92 Å². The van der Waals surface area contributed by atoms with Crippen molar-refractivity contribution >= 4 is 39.1 Å². The molecule has 0 spiro atoms. The number of rotatable bonds is 5. The average molecular weight is 444 g/mol. The molecule has 0 saturated carbocycles. The zero-order chi connectivity index (χ0) is 22.2. The van der Waals surface area contributed by atoms with Gasteiger partial charge in [-0.1, -0.05) is 42.5 Å². The van der Waals surface area contributed by atoms with Crippen LogP contribution in [0.4, 0.5) is 5.69 Å². The van der Waals surface area contributed by atoms with Gasteiger partial charge in [-0.3, -0.25) is 9.59 Å². The van der Waals surface area contributed by atoms with E-state index in [0.717, 1.165) is 32.3 Å². The minimum Gasteiger partial charge on any atom is -0.380 e.